The fraction of sp³-hybridized carbons (Fsp3) is 0.217. The maximum absolute atomic E-state index is 14.0. The van der Waals surface area contributed by atoms with Crippen LogP contribution in [0.4, 0.5) is 10.1 Å². The van der Waals surface area contributed by atoms with Crippen LogP contribution in [-0.4, -0.2) is 31.1 Å². The number of thiophene rings is 1. The topological polar surface area (TPSA) is 67.4 Å². The highest BCUT2D eigenvalue weighted by Gasteiger charge is 2.19. The molecule has 2 amide bonds. The first kappa shape index (κ1) is 20.3. The summed E-state index contributed by atoms with van der Waals surface area (Å²) >= 11 is 1.20. The van der Waals surface area contributed by atoms with Gasteiger partial charge in [-0.05, 0) is 43.2 Å². The van der Waals surface area contributed by atoms with Crippen molar-refractivity contribution in [2.45, 2.75) is 18.9 Å². The van der Waals surface area contributed by atoms with E-state index in [4.69, 9.17) is 4.74 Å². The van der Waals surface area contributed by atoms with Crippen molar-refractivity contribution in [1.82, 2.24) is 5.32 Å². The lowest BCUT2D eigenvalue weighted by molar-refractivity contribution is 0.0858. The molecule has 5 nitrogen and oxygen atoms in total. The Kier molecular flexibility index (Phi) is 6.21. The van der Waals surface area contributed by atoms with Gasteiger partial charge in [0.05, 0.1) is 22.2 Å². The standard InChI is InChI=1S/C23H21FN2O3S/c24-18-9-3-1-7-16(18)20-11-12-21(30-20)23(28)26-19-10-4-2-8-17(19)22(27)25-14-15-6-5-13-29-15/h1-4,7-12,15H,5-6,13-14H2,(H,25,27)(H,26,28). The number of anilines is 1. The van der Waals surface area contributed by atoms with Crippen molar-refractivity contribution in [1.29, 1.82) is 0 Å². The van der Waals surface area contributed by atoms with Crippen LogP contribution in [0.2, 0.25) is 0 Å². The molecular weight excluding hydrogens is 403 g/mol. The van der Waals surface area contributed by atoms with Gasteiger partial charge in [0.15, 0.2) is 0 Å². The van der Waals surface area contributed by atoms with Crippen LogP contribution >= 0.6 is 11.3 Å². The molecular formula is C23H21FN2O3S. The molecule has 7 heteroatoms. The summed E-state index contributed by atoms with van der Waals surface area (Å²) in [6, 6.07) is 16.7. The van der Waals surface area contributed by atoms with Crippen LogP contribution in [0.1, 0.15) is 32.9 Å². The highest BCUT2D eigenvalue weighted by Crippen LogP contribution is 2.30. The molecule has 1 aromatic heterocycles. The van der Waals surface area contributed by atoms with E-state index in [0.717, 1.165) is 19.4 Å². The maximum Gasteiger partial charge on any atom is 0.265 e. The fourth-order valence-electron chi connectivity index (χ4n) is 3.35. The summed E-state index contributed by atoms with van der Waals surface area (Å²) in [5.74, 6) is -0.943. The Labute approximate surface area is 177 Å². The minimum Gasteiger partial charge on any atom is -0.376 e. The van der Waals surface area contributed by atoms with Crippen molar-refractivity contribution < 1.29 is 18.7 Å². The summed E-state index contributed by atoms with van der Waals surface area (Å²) in [7, 11) is 0. The van der Waals surface area contributed by atoms with Crippen molar-refractivity contribution in [3.05, 3.63) is 76.9 Å². The predicted molar refractivity (Wildman–Crippen MR) is 115 cm³/mol. The summed E-state index contributed by atoms with van der Waals surface area (Å²) in [6.07, 6.45) is 1.98. The smallest absolute Gasteiger partial charge is 0.265 e. The van der Waals surface area contributed by atoms with E-state index in [1.807, 2.05) is 0 Å². The number of halogens is 1. The monoisotopic (exact) mass is 424 g/mol. The average molecular weight is 424 g/mol. The van der Waals surface area contributed by atoms with E-state index in [2.05, 4.69) is 10.6 Å². The van der Waals surface area contributed by atoms with Crippen molar-refractivity contribution in [2.24, 2.45) is 0 Å². The molecule has 1 fully saturated rings. The zero-order chi connectivity index (χ0) is 20.9. The van der Waals surface area contributed by atoms with Gasteiger partial charge in [0.2, 0.25) is 0 Å². The molecule has 2 N–H and O–H groups in total. The Morgan fingerprint density at radius 2 is 1.83 bits per heavy atom. The molecule has 0 radical (unpaired) electrons. The number of nitrogens with one attached hydrogen (secondary N) is 2. The Balaban J connectivity index is 1.46. The van der Waals surface area contributed by atoms with E-state index in [1.54, 1.807) is 54.6 Å². The number of hydrogen-bond donors (Lipinski definition) is 2. The lowest BCUT2D eigenvalue weighted by Crippen LogP contribution is -2.32. The van der Waals surface area contributed by atoms with Gasteiger partial charge >= 0.3 is 0 Å². The number of benzene rings is 2. The Morgan fingerprint density at radius 3 is 2.63 bits per heavy atom. The lowest BCUT2D eigenvalue weighted by atomic mass is 10.1. The largest absolute Gasteiger partial charge is 0.376 e. The molecule has 30 heavy (non-hydrogen) atoms. The van der Waals surface area contributed by atoms with E-state index in [1.165, 1.54) is 17.4 Å². The van der Waals surface area contributed by atoms with Gasteiger partial charge in [0.1, 0.15) is 5.82 Å². The van der Waals surface area contributed by atoms with E-state index in [-0.39, 0.29) is 23.7 Å². The summed E-state index contributed by atoms with van der Waals surface area (Å²) in [5, 5.41) is 5.67. The molecule has 1 saturated heterocycles. The van der Waals surface area contributed by atoms with Gasteiger partial charge < -0.3 is 15.4 Å². The molecule has 2 aromatic carbocycles. The number of para-hydroxylation sites is 1. The van der Waals surface area contributed by atoms with Crippen LogP contribution in [0, 0.1) is 5.82 Å². The second-order valence-electron chi connectivity index (χ2n) is 6.99. The number of carbonyl (C=O) groups excluding carboxylic acids is 2. The van der Waals surface area contributed by atoms with Gasteiger partial charge in [0.25, 0.3) is 11.8 Å². The Bertz CT molecular complexity index is 1060. The molecule has 1 aliphatic rings. The van der Waals surface area contributed by atoms with Gasteiger partial charge in [-0.1, -0.05) is 30.3 Å². The second-order valence-corrected chi connectivity index (χ2v) is 8.07. The first-order valence-corrected chi connectivity index (χ1v) is 10.6. The average Bonchev–Trinajstić information content (AvgIpc) is 3.45. The zero-order valence-corrected chi connectivity index (χ0v) is 17.0. The molecule has 0 spiro atoms. The van der Waals surface area contributed by atoms with Crippen LogP contribution in [0.15, 0.2) is 60.7 Å². The molecule has 0 saturated carbocycles. The maximum atomic E-state index is 14.0. The molecule has 3 aromatic rings. The first-order valence-electron chi connectivity index (χ1n) is 9.77. The molecule has 1 atom stereocenters. The Hall–Kier alpha value is -3.03. The van der Waals surface area contributed by atoms with Gasteiger partial charge in [-0.15, -0.1) is 11.3 Å². The summed E-state index contributed by atoms with van der Waals surface area (Å²) in [5.41, 5.74) is 1.26. The first-order chi connectivity index (χ1) is 14.6. The van der Waals surface area contributed by atoms with Crippen LogP contribution in [0.5, 0.6) is 0 Å². The van der Waals surface area contributed by atoms with Crippen molar-refractivity contribution >= 4 is 28.8 Å². The number of hydrogen-bond acceptors (Lipinski definition) is 4. The molecule has 0 bridgehead atoms. The molecule has 1 aliphatic heterocycles. The van der Waals surface area contributed by atoms with E-state index in [0.29, 0.717) is 33.1 Å². The minimum atomic E-state index is -0.345. The number of ether oxygens (including phenoxy) is 1. The Morgan fingerprint density at radius 1 is 1.03 bits per heavy atom. The molecule has 1 unspecified atom stereocenters. The molecule has 2 heterocycles. The van der Waals surface area contributed by atoms with E-state index in [9.17, 15) is 14.0 Å². The minimum absolute atomic E-state index is 0.0404. The number of carbonyl (C=O) groups is 2. The molecule has 0 aliphatic carbocycles. The van der Waals surface area contributed by atoms with Gasteiger partial charge in [-0.3, -0.25) is 9.59 Å². The zero-order valence-electron chi connectivity index (χ0n) is 16.2. The fourth-order valence-corrected chi connectivity index (χ4v) is 4.28. The van der Waals surface area contributed by atoms with Gasteiger partial charge in [-0.2, -0.15) is 0 Å². The number of rotatable bonds is 6. The summed E-state index contributed by atoms with van der Waals surface area (Å²) in [6.45, 7) is 1.17. The summed E-state index contributed by atoms with van der Waals surface area (Å²) in [4.78, 5) is 26.4. The van der Waals surface area contributed by atoms with Crippen LogP contribution in [0.25, 0.3) is 10.4 Å². The third kappa shape index (κ3) is 4.58. The van der Waals surface area contributed by atoms with Gasteiger partial charge in [0, 0.05) is 23.6 Å². The SMILES string of the molecule is O=C(Nc1ccccc1C(=O)NCC1CCCO1)c1ccc(-c2ccccc2F)s1. The van der Waals surface area contributed by atoms with Crippen molar-refractivity contribution in [3.63, 3.8) is 0 Å². The highest BCUT2D eigenvalue weighted by molar-refractivity contribution is 7.17. The molecule has 154 valence electrons. The summed E-state index contributed by atoms with van der Waals surface area (Å²) < 4.78 is 19.5. The van der Waals surface area contributed by atoms with Crippen molar-refractivity contribution in [2.75, 3.05) is 18.5 Å². The third-order valence-corrected chi connectivity index (χ3v) is 6.02. The third-order valence-electron chi connectivity index (χ3n) is 4.90. The van der Waals surface area contributed by atoms with Crippen molar-refractivity contribution in [3.8, 4) is 10.4 Å². The highest BCUT2D eigenvalue weighted by atomic mass is 32.1. The van der Waals surface area contributed by atoms with Crippen LogP contribution in [0.3, 0.4) is 0 Å². The second kappa shape index (κ2) is 9.19. The van der Waals surface area contributed by atoms with E-state index < -0.39 is 0 Å². The van der Waals surface area contributed by atoms with Gasteiger partial charge in [-0.25, -0.2) is 4.39 Å². The predicted octanol–water partition coefficient (Wildman–Crippen LogP) is 4.72. The number of amides is 2. The van der Waals surface area contributed by atoms with E-state index >= 15 is 0 Å². The van der Waals surface area contributed by atoms with Crippen LogP contribution < -0.4 is 10.6 Å². The lowest BCUT2D eigenvalue weighted by Gasteiger charge is -2.13. The molecule has 4 rings (SSSR count). The normalized spacial score (nSPS) is 15.7. The van der Waals surface area contributed by atoms with Crippen LogP contribution in [-0.2, 0) is 4.74 Å². The quantitative estimate of drug-likeness (QED) is 0.602.